The van der Waals surface area contributed by atoms with E-state index in [0.29, 0.717) is 6.04 Å². The van der Waals surface area contributed by atoms with E-state index < -0.39 is 0 Å². The largest absolute Gasteiger partial charge is 0.382 e. The Kier molecular flexibility index (Phi) is 16.0. The Morgan fingerprint density at radius 1 is 1.08 bits per heavy atom. The van der Waals surface area contributed by atoms with Gasteiger partial charge in [-0.15, -0.1) is 24.0 Å². The van der Waals surface area contributed by atoms with Crippen molar-refractivity contribution in [1.82, 2.24) is 20.4 Å². The summed E-state index contributed by atoms with van der Waals surface area (Å²) in [6.07, 6.45) is 2.21. The van der Waals surface area contributed by atoms with Gasteiger partial charge in [-0.1, -0.05) is 6.92 Å². The second-order valence-corrected chi connectivity index (χ2v) is 6.37. The first-order valence-corrected chi connectivity index (χ1v) is 9.77. The summed E-state index contributed by atoms with van der Waals surface area (Å²) in [5, 5.41) is 6.77. The summed E-state index contributed by atoms with van der Waals surface area (Å²) in [6.45, 7) is 18.9. The molecule has 150 valence electrons. The number of ether oxygens (including phenoxy) is 1. The van der Waals surface area contributed by atoms with E-state index >= 15 is 0 Å². The van der Waals surface area contributed by atoms with Crippen molar-refractivity contribution >= 4 is 29.9 Å². The van der Waals surface area contributed by atoms with Gasteiger partial charge in [0, 0.05) is 58.5 Å². The summed E-state index contributed by atoms with van der Waals surface area (Å²) in [5.74, 6) is 0.938. The molecular formula is C18H40IN5O. The van der Waals surface area contributed by atoms with E-state index in [9.17, 15) is 0 Å². The van der Waals surface area contributed by atoms with E-state index in [4.69, 9.17) is 9.73 Å². The summed E-state index contributed by atoms with van der Waals surface area (Å²) in [7, 11) is 0. The number of piperazine rings is 1. The first kappa shape index (κ1) is 24.9. The lowest BCUT2D eigenvalue weighted by Gasteiger charge is -2.37. The number of aliphatic imine (C=N–C) groups is 1. The van der Waals surface area contributed by atoms with Crippen molar-refractivity contribution in [2.45, 2.75) is 46.6 Å². The number of unbranched alkanes of at least 4 members (excludes halogenated alkanes) is 1. The Morgan fingerprint density at radius 3 is 2.40 bits per heavy atom. The third-order valence-electron chi connectivity index (χ3n) is 4.55. The molecule has 7 heteroatoms. The third kappa shape index (κ3) is 11.2. The van der Waals surface area contributed by atoms with E-state index in [1.54, 1.807) is 0 Å². The van der Waals surface area contributed by atoms with Crippen LogP contribution in [0.5, 0.6) is 0 Å². The number of halogens is 1. The molecule has 1 atom stereocenters. The van der Waals surface area contributed by atoms with Gasteiger partial charge >= 0.3 is 0 Å². The van der Waals surface area contributed by atoms with Crippen molar-refractivity contribution in [2.24, 2.45) is 4.99 Å². The SMILES string of the molecule is CCNC(=NCC(C)N1CCN(CC)CC1)NCCCCOCC.I. The average molecular weight is 469 g/mol. The van der Waals surface area contributed by atoms with Crippen molar-refractivity contribution in [2.75, 3.05) is 65.6 Å². The van der Waals surface area contributed by atoms with Crippen LogP contribution in [0.15, 0.2) is 4.99 Å². The van der Waals surface area contributed by atoms with Crippen LogP contribution in [0, 0.1) is 0 Å². The van der Waals surface area contributed by atoms with E-state index in [0.717, 1.165) is 71.3 Å². The van der Waals surface area contributed by atoms with Gasteiger partial charge in [0.15, 0.2) is 5.96 Å². The molecule has 0 amide bonds. The Hall–Kier alpha value is -0.120. The third-order valence-corrected chi connectivity index (χ3v) is 4.55. The van der Waals surface area contributed by atoms with Crippen LogP contribution in [-0.4, -0.2) is 87.4 Å². The Morgan fingerprint density at radius 2 is 1.80 bits per heavy atom. The number of hydrogen-bond acceptors (Lipinski definition) is 4. The van der Waals surface area contributed by atoms with Gasteiger partial charge in [-0.25, -0.2) is 0 Å². The minimum atomic E-state index is 0. The van der Waals surface area contributed by atoms with Crippen molar-refractivity contribution in [3.05, 3.63) is 0 Å². The van der Waals surface area contributed by atoms with E-state index in [-0.39, 0.29) is 24.0 Å². The predicted octanol–water partition coefficient (Wildman–Crippen LogP) is 2.00. The van der Waals surface area contributed by atoms with Crippen LogP contribution in [0.2, 0.25) is 0 Å². The molecule has 1 saturated heterocycles. The Bertz CT molecular complexity index is 335. The van der Waals surface area contributed by atoms with Gasteiger partial charge in [0.05, 0.1) is 6.54 Å². The van der Waals surface area contributed by atoms with Crippen LogP contribution >= 0.6 is 24.0 Å². The van der Waals surface area contributed by atoms with Gasteiger partial charge in [0.25, 0.3) is 0 Å². The molecule has 0 saturated carbocycles. The fourth-order valence-electron chi connectivity index (χ4n) is 2.88. The highest BCUT2D eigenvalue weighted by Crippen LogP contribution is 2.06. The van der Waals surface area contributed by atoms with Crippen LogP contribution in [0.4, 0.5) is 0 Å². The second-order valence-electron chi connectivity index (χ2n) is 6.37. The highest BCUT2D eigenvalue weighted by Gasteiger charge is 2.19. The summed E-state index contributed by atoms with van der Waals surface area (Å²) >= 11 is 0. The molecular weight excluding hydrogens is 429 g/mol. The lowest BCUT2D eigenvalue weighted by Crippen LogP contribution is -2.50. The van der Waals surface area contributed by atoms with Gasteiger partial charge in [0.2, 0.25) is 0 Å². The summed E-state index contributed by atoms with van der Waals surface area (Å²) < 4.78 is 5.37. The summed E-state index contributed by atoms with van der Waals surface area (Å²) in [4.78, 5) is 9.84. The first-order valence-electron chi connectivity index (χ1n) is 9.77. The minimum absolute atomic E-state index is 0. The smallest absolute Gasteiger partial charge is 0.191 e. The van der Waals surface area contributed by atoms with E-state index in [1.165, 1.54) is 13.1 Å². The van der Waals surface area contributed by atoms with Crippen molar-refractivity contribution in [3.8, 4) is 0 Å². The maximum Gasteiger partial charge on any atom is 0.191 e. The molecule has 0 aliphatic carbocycles. The Balaban J connectivity index is 0.00000576. The zero-order valence-electron chi connectivity index (χ0n) is 16.7. The molecule has 0 radical (unpaired) electrons. The number of likely N-dealkylation sites (N-methyl/N-ethyl adjacent to an activating group) is 1. The number of hydrogen-bond donors (Lipinski definition) is 2. The van der Waals surface area contributed by atoms with Crippen LogP contribution < -0.4 is 10.6 Å². The molecule has 0 aromatic heterocycles. The van der Waals surface area contributed by atoms with Crippen LogP contribution in [0.1, 0.15) is 40.5 Å². The molecule has 2 N–H and O–H groups in total. The zero-order valence-corrected chi connectivity index (χ0v) is 19.1. The fourth-order valence-corrected chi connectivity index (χ4v) is 2.88. The predicted molar refractivity (Wildman–Crippen MR) is 118 cm³/mol. The first-order chi connectivity index (χ1) is 11.7. The zero-order chi connectivity index (χ0) is 17.6. The molecule has 0 spiro atoms. The van der Waals surface area contributed by atoms with Gasteiger partial charge in [-0.2, -0.15) is 0 Å². The van der Waals surface area contributed by atoms with Crippen LogP contribution in [0.25, 0.3) is 0 Å². The topological polar surface area (TPSA) is 52.1 Å². The molecule has 1 unspecified atom stereocenters. The van der Waals surface area contributed by atoms with Gasteiger partial charge in [0.1, 0.15) is 0 Å². The fraction of sp³-hybridized carbons (Fsp3) is 0.944. The van der Waals surface area contributed by atoms with E-state index in [2.05, 4.69) is 41.2 Å². The van der Waals surface area contributed by atoms with Gasteiger partial charge in [-0.05, 0) is 40.2 Å². The van der Waals surface area contributed by atoms with Gasteiger partial charge in [-0.3, -0.25) is 9.89 Å². The monoisotopic (exact) mass is 469 g/mol. The number of guanidine groups is 1. The van der Waals surface area contributed by atoms with Crippen molar-refractivity contribution < 1.29 is 4.74 Å². The highest BCUT2D eigenvalue weighted by atomic mass is 127. The molecule has 0 bridgehead atoms. The molecule has 1 rings (SSSR count). The quantitative estimate of drug-likeness (QED) is 0.210. The molecule has 25 heavy (non-hydrogen) atoms. The lowest BCUT2D eigenvalue weighted by atomic mass is 10.2. The molecule has 1 aliphatic rings. The number of nitrogens with one attached hydrogen (secondary N) is 2. The maximum absolute atomic E-state index is 5.37. The lowest BCUT2D eigenvalue weighted by molar-refractivity contribution is 0.109. The highest BCUT2D eigenvalue weighted by molar-refractivity contribution is 14.0. The summed E-state index contributed by atoms with van der Waals surface area (Å²) in [5.41, 5.74) is 0. The molecule has 0 aromatic rings. The minimum Gasteiger partial charge on any atom is -0.382 e. The maximum atomic E-state index is 5.37. The Labute approximate surface area is 172 Å². The van der Waals surface area contributed by atoms with Crippen LogP contribution in [-0.2, 0) is 4.74 Å². The molecule has 1 aliphatic heterocycles. The molecule has 1 fully saturated rings. The van der Waals surface area contributed by atoms with Crippen molar-refractivity contribution in [3.63, 3.8) is 0 Å². The van der Waals surface area contributed by atoms with Gasteiger partial charge < -0.3 is 20.3 Å². The number of nitrogens with zero attached hydrogens (tertiary/aromatic N) is 3. The number of rotatable bonds is 11. The van der Waals surface area contributed by atoms with E-state index in [1.807, 2.05) is 6.92 Å². The summed E-state index contributed by atoms with van der Waals surface area (Å²) in [6, 6.07) is 0.498. The molecule has 0 aromatic carbocycles. The van der Waals surface area contributed by atoms with Crippen LogP contribution in [0.3, 0.4) is 0 Å². The standard InChI is InChI=1S/C18H39N5O.HI/c1-5-19-18(20-10-8-9-15-24-7-3)21-16-17(4)23-13-11-22(6-2)12-14-23;/h17H,5-16H2,1-4H3,(H2,19,20,21);1H. The van der Waals surface area contributed by atoms with Crippen molar-refractivity contribution in [1.29, 1.82) is 0 Å². The normalized spacial score (nSPS) is 17.8. The average Bonchev–Trinajstić information content (AvgIpc) is 2.62. The molecule has 1 heterocycles. The molecule has 6 nitrogen and oxygen atoms in total. The second kappa shape index (κ2) is 16.1.